The van der Waals surface area contributed by atoms with E-state index in [0.29, 0.717) is 5.41 Å². The molecular weight excluding hydrogens is 246 g/mol. The van der Waals surface area contributed by atoms with Crippen LogP contribution in [0.15, 0.2) is 6.07 Å². The molecule has 2 N–H and O–H groups in total. The van der Waals surface area contributed by atoms with E-state index in [1.807, 2.05) is 19.9 Å². The van der Waals surface area contributed by atoms with Crippen LogP contribution in [0.1, 0.15) is 61.8 Å². The molecule has 4 aliphatic rings. The highest BCUT2D eigenvalue weighted by Crippen LogP contribution is 2.63. The highest BCUT2D eigenvalue weighted by atomic mass is 15.0. The second kappa shape index (κ2) is 4.27. The van der Waals surface area contributed by atoms with Crippen LogP contribution >= 0.6 is 0 Å². The summed E-state index contributed by atoms with van der Waals surface area (Å²) < 4.78 is 0. The van der Waals surface area contributed by atoms with Gasteiger partial charge in [0, 0.05) is 11.4 Å². The van der Waals surface area contributed by atoms with Crippen LogP contribution in [-0.2, 0) is 0 Å². The molecule has 0 aliphatic heterocycles. The summed E-state index contributed by atoms with van der Waals surface area (Å²) in [4.78, 5) is 9.31. The van der Waals surface area contributed by atoms with Gasteiger partial charge in [-0.2, -0.15) is 0 Å². The lowest BCUT2D eigenvalue weighted by atomic mass is 9.47. The van der Waals surface area contributed by atoms with E-state index in [0.717, 1.165) is 35.0 Å². The van der Waals surface area contributed by atoms with Crippen molar-refractivity contribution in [1.29, 1.82) is 0 Å². The molecule has 108 valence electrons. The Balaban J connectivity index is 1.69. The Hall–Kier alpha value is -0.960. The molecule has 0 radical (unpaired) electrons. The molecule has 20 heavy (non-hydrogen) atoms. The van der Waals surface area contributed by atoms with Crippen LogP contribution in [0.25, 0.3) is 0 Å². The van der Waals surface area contributed by atoms with Crippen molar-refractivity contribution in [3.8, 4) is 0 Å². The molecule has 1 aromatic rings. The third kappa shape index (κ3) is 1.90. The molecule has 5 rings (SSSR count). The predicted molar refractivity (Wildman–Crippen MR) is 79.0 cm³/mol. The predicted octanol–water partition coefficient (Wildman–Crippen LogP) is 3.31. The Bertz CT molecular complexity index is 482. The lowest BCUT2D eigenvalue weighted by molar-refractivity contribution is -0.0692. The molecule has 0 saturated heterocycles. The number of rotatable bonds is 2. The highest BCUT2D eigenvalue weighted by molar-refractivity contribution is 5.15. The first-order valence-corrected chi connectivity index (χ1v) is 8.12. The van der Waals surface area contributed by atoms with E-state index in [-0.39, 0.29) is 6.04 Å². The zero-order chi connectivity index (χ0) is 13.9. The second-order valence-electron chi connectivity index (χ2n) is 7.77. The summed E-state index contributed by atoms with van der Waals surface area (Å²) >= 11 is 0. The highest BCUT2D eigenvalue weighted by Gasteiger charge is 2.54. The lowest BCUT2D eigenvalue weighted by Crippen LogP contribution is -2.51. The van der Waals surface area contributed by atoms with Crippen LogP contribution in [0.2, 0.25) is 0 Å². The average Bonchev–Trinajstić information content (AvgIpc) is 2.35. The van der Waals surface area contributed by atoms with E-state index in [2.05, 4.69) is 9.97 Å². The molecule has 3 nitrogen and oxygen atoms in total. The van der Waals surface area contributed by atoms with Crippen LogP contribution in [0.5, 0.6) is 0 Å². The smallest absolute Gasteiger partial charge is 0.146 e. The van der Waals surface area contributed by atoms with Crippen molar-refractivity contribution >= 4 is 0 Å². The molecule has 4 aliphatic carbocycles. The summed E-state index contributed by atoms with van der Waals surface area (Å²) in [6.07, 6.45) is 8.32. The molecule has 0 spiro atoms. The van der Waals surface area contributed by atoms with Gasteiger partial charge in [0.15, 0.2) is 0 Å². The van der Waals surface area contributed by atoms with Crippen molar-refractivity contribution in [2.24, 2.45) is 28.9 Å². The van der Waals surface area contributed by atoms with E-state index < -0.39 is 0 Å². The van der Waals surface area contributed by atoms with Gasteiger partial charge in [0.25, 0.3) is 0 Å². The summed E-state index contributed by atoms with van der Waals surface area (Å²) in [5, 5.41) is 0. The minimum absolute atomic E-state index is 0.0366. The minimum Gasteiger partial charge on any atom is -0.321 e. The van der Waals surface area contributed by atoms with Crippen LogP contribution in [0.3, 0.4) is 0 Å². The number of aromatic nitrogens is 2. The number of hydrogen-bond acceptors (Lipinski definition) is 3. The molecular formula is C17H25N3. The van der Waals surface area contributed by atoms with Crippen LogP contribution in [-0.4, -0.2) is 9.97 Å². The van der Waals surface area contributed by atoms with E-state index >= 15 is 0 Å². The number of aryl methyl sites for hydroxylation is 2. The number of nitrogens with zero attached hydrogens (tertiary/aromatic N) is 2. The number of nitrogens with two attached hydrogens (primary N) is 1. The number of hydrogen-bond donors (Lipinski definition) is 1. The monoisotopic (exact) mass is 271 g/mol. The summed E-state index contributed by atoms with van der Waals surface area (Å²) in [5.41, 5.74) is 9.11. The van der Waals surface area contributed by atoms with Gasteiger partial charge in [0.1, 0.15) is 5.82 Å². The Kier molecular flexibility index (Phi) is 2.72. The summed E-state index contributed by atoms with van der Waals surface area (Å²) in [6.45, 7) is 4.09. The first kappa shape index (κ1) is 12.8. The fourth-order valence-corrected chi connectivity index (χ4v) is 5.72. The maximum atomic E-state index is 6.71. The maximum Gasteiger partial charge on any atom is 0.146 e. The van der Waals surface area contributed by atoms with Gasteiger partial charge in [-0.15, -0.1) is 0 Å². The van der Waals surface area contributed by atoms with E-state index in [1.54, 1.807) is 0 Å². The third-order valence-corrected chi connectivity index (χ3v) is 6.02. The fraction of sp³-hybridized carbons (Fsp3) is 0.765. The van der Waals surface area contributed by atoms with E-state index in [1.165, 1.54) is 38.5 Å². The normalized spacial score (nSPS) is 40.0. The van der Waals surface area contributed by atoms with Crippen molar-refractivity contribution in [3.63, 3.8) is 0 Å². The molecule has 0 amide bonds. The van der Waals surface area contributed by atoms with Gasteiger partial charge in [-0.25, -0.2) is 9.97 Å². The van der Waals surface area contributed by atoms with Gasteiger partial charge in [-0.05, 0) is 81.6 Å². The third-order valence-electron chi connectivity index (χ3n) is 6.02. The molecule has 1 unspecified atom stereocenters. The molecule has 4 fully saturated rings. The average molecular weight is 271 g/mol. The topological polar surface area (TPSA) is 51.8 Å². The zero-order valence-electron chi connectivity index (χ0n) is 12.6. The van der Waals surface area contributed by atoms with E-state index in [4.69, 9.17) is 5.73 Å². The van der Waals surface area contributed by atoms with Gasteiger partial charge in [-0.3, -0.25) is 0 Å². The molecule has 1 aromatic heterocycles. The van der Waals surface area contributed by atoms with Crippen molar-refractivity contribution in [2.75, 3.05) is 0 Å². The lowest BCUT2D eigenvalue weighted by Gasteiger charge is -2.58. The van der Waals surface area contributed by atoms with Crippen molar-refractivity contribution in [2.45, 2.75) is 58.4 Å². The second-order valence-corrected chi connectivity index (χ2v) is 7.77. The molecule has 4 saturated carbocycles. The van der Waals surface area contributed by atoms with Crippen LogP contribution in [0.4, 0.5) is 0 Å². The van der Waals surface area contributed by atoms with E-state index in [9.17, 15) is 0 Å². The first-order valence-electron chi connectivity index (χ1n) is 8.12. The molecule has 3 heteroatoms. The minimum atomic E-state index is 0.0366. The van der Waals surface area contributed by atoms with Gasteiger partial charge in [0.05, 0.1) is 6.04 Å². The van der Waals surface area contributed by atoms with Crippen molar-refractivity contribution < 1.29 is 0 Å². The van der Waals surface area contributed by atoms with Crippen LogP contribution < -0.4 is 5.73 Å². The van der Waals surface area contributed by atoms with Crippen molar-refractivity contribution in [3.05, 3.63) is 23.3 Å². The Morgan fingerprint density at radius 3 is 1.90 bits per heavy atom. The largest absolute Gasteiger partial charge is 0.321 e. The molecule has 0 aromatic carbocycles. The molecule has 1 heterocycles. The van der Waals surface area contributed by atoms with Gasteiger partial charge in [-0.1, -0.05) is 0 Å². The zero-order valence-corrected chi connectivity index (χ0v) is 12.6. The Labute approximate surface area is 121 Å². The summed E-state index contributed by atoms with van der Waals surface area (Å²) in [5.74, 6) is 3.68. The maximum absolute atomic E-state index is 6.71. The van der Waals surface area contributed by atoms with Crippen molar-refractivity contribution in [1.82, 2.24) is 9.97 Å². The molecule has 1 atom stereocenters. The van der Waals surface area contributed by atoms with Crippen LogP contribution in [0, 0.1) is 37.0 Å². The first-order chi connectivity index (χ1) is 9.54. The van der Waals surface area contributed by atoms with Gasteiger partial charge in [0.2, 0.25) is 0 Å². The van der Waals surface area contributed by atoms with Gasteiger partial charge < -0.3 is 5.73 Å². The Morgan fingerprint density at radius 2 is 1.45 bits per heavy atom. The standard InChI is InChI=1S/C17H25N3/c1-10-3-11(2)20-16(19-10)15(18)17-7-12-4-13(8-17)6-14(5-12)9-17/h3,12-15H,4-9,18H2,1-2H3. The Morgan fingerprint density at radius 1 is 1.00 bits per heavy atom. The fourth-order valence-electron chi connectivity index (χ4n) is 5.72. The van der Waals surface area contributed by atoms with Gasteiger partial charge >= 0.3 is 0 Å². The summed E-state index contributed by atoms with van der Waals surface area (Å²) in [7, 11) is 0. The SMILES string of the molecule is Cc1cc(C)nc(C(N)C23CC4CC(CC(C4)C2)C3)n1. The molecule has 4 bridgehead atoms. The quantitative estimate of drug-likeness (QED) is 0.897. The summed E-state index contributed by atoms with van der Waals surface area (Å²) in [6, 6.07) is 2.07.